The number of methoxy groups -OCH3 is 1. The van der Waals surface area contributed by atoms with Crippen LogP contribution in [0, 0.1) is 0 Å². The first-order valence-electron chi connectivity index (χ1n) is 5.54. The summed E-state index contributed by atoms with van der Waals surface area (Å²) >= 11 is 11.8. The molecule has 0 saturated carbocycles. The summed E-state index contributed by atoms with van der Waals surface area (Å²) in [5, 5.41) is 4.25. The van der Waals surface area contributed by atoms with Crippen LogP contribution in [0.4, 0.5) is 5.69 Å². The molecule has 0 spiro atoms. The third kappa shape index (κ3) is 4.24. The molecule has 0 aliphatic carbocycles. The highest BCUT2D eigenvalue weighted by Gasteiger charge is 2.06. The fourth-order valence-electron chi connectivity index (χ4n) is 1.42. The molecule has 0 radical (unpaired) electrons. The number of carbonyl (C=O) groups excluding carboxylic acids is 1. The van der Waals surface area contributed by atoms with Gasteiger partial charge in [-0.15, -0.1) is 0 Å². The van der Waals surface area contributed by atoms with E-state index in [0.717, 1.165) is 5.69 Å². The SMILES string of the molecule is CC/C(=C/CNc1ccc(Cl)cc1Cl)C(=O)OC. The highest BCUT2D eigenvalue weighted by molar-refractivity contribution is 6.36. The number of nitrogens with one attached hydrogen (secondary N) is 1. The normalized spacial score (nSPS) is 11.2. The summed E-state index contributed by atoms with van der Waals surface area (Å²) in [7, 11) is 1.37. The Hall–Kier alpha value is -1.19. The molecule has 0 heterocycles. The maximum Gasteiger partial charge on any atom is 0.333 e. The first-order valence-corrected chi connectivity index (χ1v) is 6.30. The van der Waals surface area contributed by atoms with Crippen molar-refractivity contribution in [1.82, 2.24) is 0 Å². The van der Waals surface area contributed by atoms with E-state index in [2.05, 4.69) is 10.1 Å². The van der Waals surface area contributed by atoms with Crippen molar-refractivity contribution in [3.8, 4) is 0 Å². The average molecular weight is 288 g/mol. The van der Waals surface area contributed by atoms with Crippen LogP contribution in [-0.2, 0) is 9.53 Å². The molecule has 0 atom stereocenters. The van der Waals surface area contributed by atoms with Crippen LogP contribution < -0.4 is 5.32 Å². The van der Waals surface area contributed by atoms with Gasteiger partial charge in [-0.1, -0.05) is 36.2 Å². The van der Waals surface area contributed by atoms with Crippen LogP contribution in [-0.4, -0.2) is 19.6 Å². The molecule has 1 aromatic carbocycles. The lowest BCUT2D eigenvalue weighted by Gasteiger charge is -2.07. The van der Waals surface area contributed by atoms with Gasteiger partial charge in [0.2, 0.25) is 0 Å². The second kappa shape index (κ2) is 7.29. The van der Waals surface area contributed by atoms with E-state index < -0.39 is 0 Å². The molecule has 3 nitrogen and oxygen atoms in total. The van der Waals surface area contributed by atoms with Crippen molar-refractivity contribution in [2.45, 2.75) is 13.3 Å². The van der Waals surface area contributed by atoms with E-state index in [1.807, 2.05) is 6.92 Å². The number of hydrogen-bond acceptors (Lipinski definition) is 3. The number of anilines is 1. The van der Waals surface area contributed by atoms with Crippen molar-refractivity contribution >= 4 is 34.9 Å². The summed E-state index contributed by atoms with van der Waals surface area (Å²) in [6.07, 6.45) is 2.42. The van der Waals surface area contributed by atoms with Crippen molar-refractivity contribution < 1.29 is 9.53 Å². The van der Waals surface area contributed by atoms with Crippen LogP contribution in [0.1, 0.15) is 13.3 Å². The second-order valence-electron chi connectivity index (χ2n) is 3.58. The quantitative estimate of drug-likeness (QED) is 0.659. The van der Waals surface area contributed by atoms with E-state index in [0.29, 0.717) is 28.6 Å². The molecular weight excluding hydrogens is 273 g/mol. The van der Waals surface area contributed by atoms with Gasteiger partial charge >= 0.3 is 5.97 Å². The lowest BCUT2D eigenvalue weighted by atomic mass is 10.2. The fraction of sp³-hybridized carbons (Fsp3) is 0.308. The third-order valence-electron chi connectivity index (χ3n) is 2.40. The van der Waals surface area contributed by atoms with Gasteiger partial charge in [-0.05, 0) is 24.6 Å². The summed E-state index contributed by atoms with van der Waals surface area (Å²) in [6.45, 7) is 2.40. The Bertz CT molecular complexity index is 458. The first kappa shape index (κ1) is 14.9. The van der Waals surface area contributed by atoms with Crippen LogP contribution in [0.25, 0.3) is 0 Å². The van der Waals surface area contributed by atoms with Gasteiger partial charge in [-0.2, -0.15) is 0 Å². The lowest BCUT2D eigenvalue weighted by molar-refractivity contribution is -0.136. The van der Waals surface area contributed by atoms with Crippen molar-refractivity contribution in [2.24, 2.45) is 0 Å². The maximum atomic E-state index is 11.3. The predicted octanol–water partition coefficient (Wildman–Crippen LogP) is 3.91. The molecule has 18 heavy (non-hydrogen) atoms. The monoisotopic (exact) mass is 287 g/mol. The maximum absolute atomic E-state index is 11.3. The molecule has 0 aliphatic rings. The number of rotatable bonds is 5. The Kier molecular flexibility index (Phi) is 6.02. The lowest BCUT2D eigenvalue weighted by Crippen LogP contribution is -2.07. The minimum atomic E-state index is -0.304. The van der Waals surface area contributed by atoms with Crippen molar-refractivity contribution in [2.75, 3.05) is 19.0 Å². The van der Waals surface area contributed by atoms with Gasteiger partial charge < -0.3 is 10.1 Å². The Labute approximate surface area is 117 Å². The standard InChI is InChI=1S/C13H15Cl2NO2/c1-3-9(13(17)18-2)6-7-16-12-5-4-10(14)8-11(12)15/h4-6,8,16H,3,7H2,1-2H3/b9-6-. The molecule has 0 aromatic heterocycles. The predicted molar refractivity (Wildman–Crippen MR) is 75.3 cm³/mol. The zero-order chi connectivity index (χ0) is 13.5. The van der Waals surface area contributed by atoms with E-state index >= 15 is 0 Å². The Morgan fingerprint density at radius 3 is 2.72 bits per heavy atom. The van der Waals surface area contributed by atoms with Crippen LogP contribution in [0.3, 0.4) is 0 Å². The number of esters is 1. The highest BCUT2D eigenvalue weighted by atomic mass is 35.5. The van der Waals surface area contributed by atoms with E-state index in [4.69, 9.17) is 23.2 Å². The summed E-state index contributed by atoms with van der Waals surface area (Å²) < 4.78 is 4.67. The Morgan fingerprint density at radius 1 is 1.44 bits per heavy atom. The molecule has 0 fully saturated rings. The topological polar surface area (TPSA) is 38.3 Å². The van der Waals surface area contributed by atoms with Gasteiger partial charge in [-0.3, -0.25) is 0 Å². The van der Waals surface area contributed by atoms with E-state index in [1.165, 1.54) is 7.11 Å². The summed E-state index contributed by atoms with van der Waals surface area (Å²) in [5.41, 5.74) is 1.41. The minimum Gasteiger partial charge on any atom is -0.466 e. The van der Waals surface area contributed by atoms with Gasteiger partial charge in [0.05, 0.1) is 17.8 Å². The molecule has 0 saturated heterocycles. The molecule has 0 aliphatic heterocycles. The van der Waals surface area contributed by atoms with Gasteiger partial charge in [0, 0.05) is 17.1 Å². The molecule has 0 unspecified atom stereocenters. The fourth-order valence-corrected chi connectivity index (χ4v) is 1.90. The average Bonchev–Trinajstić information content (AvgIpc) is 2.36. The Balaban J connectivity index is 2.65. The van der Waals surface area contributed by atoms with Crippen molar-refractivity contribution in [1.29, 1.82) is 0 Å². The molecule has 98 valence electrons. The number of benzene rings is 1. The summed E-state index contributed by atoms with van der Waals surface area (Å²) in [6, 6.07) is 5.21. The number of ether oxygens (including phenoxy) is 1. The zero-order valence-corrected chi connectivity index (χ0v) is 11.8. The number of halogens is 2. The molecule has 1 N–H and O–H groups in total. The van der Waals surface area contributed by atoms with Gasteiger partial charge in [-0.25, -0.2) is 4.79 Å². The van der Waals surface area contributed by atoms with Gasteiger partial charge in [0.15, 0.2) is 0 Å². The number of hydrogen-bond donors (Lipinski definition) is 1. The van der Waals surface area contributed by atoms with Crippen LogP contribution >= 0.6 is 23.2 Å². The summed E-state index contributed by atoms with van der Waals surface area (Å²) in [5.74, 6) is -0.304. The van der Waals surface area contributed by atoms with Gasteiger partial charge in [0.1, 0.15) is 0 Å². The van der Waals surface area contributed by atoms with E-state index in [9.17, 15) is 4.79 Å². The zero-order valence-electron chi connectivity index (χ0n) is 10.3. The minimum absolute atomic E-state index is 0.304. The highest BCUT2D eigenvalue weighted by Crippen LogP contribution is 2.25. The molecule has 1 rings (SSSR count). The van der Waals surface area contributed by atoms with Crippen LogP contribution in [0.2, 0.25) is 10.0 Å². The smallest absolute Gasteiger partial charge is 0.333 e. The molecular formula is C13H15Cl2NO2. The molecule has 1 aromatic rings. The number of carbonyl (C=O) groups is 1. The molecule has 0 bridgehead atoms. The van der Waals surface area contributed by atoms with Gasteiger partial charge in [0.25, 0.3) is 0 Å². The Morgan fingerprint density at radius 2 is 2.17 bits per heavy atom. The largest absolute Gasteiger partial charge is 0.466 e. The summed E-state index contributed by atoms with van der Waals surface area (Å²) in [4.78, 5) is 11.3. The van der Waals surface area contributed by atoms with Crippen LogP contribution in [0.15, 0.2) is 29.8 Å². The molecule has 0 amide bonds. The van der Waals surface area contributed by atoms with Crippen molar-refractivity contribution in [3.05, 3.63) is 39.9 Å². The second-order valence-corrected chi connectivity index (χ2v) is 4.42. The molecule has 5 heteroatoms. The van der Waals surface area contributed by atoms with E-state index in [1.54, 1.807) is 24.3 Å². The third-order valence-corrected chi connectivity index (χ3v) is 2.95. The first-order chi connectivity index (χ1) is 8.58. The van der Waals surface area contributed by atoms with E-state index in [-0.39, 0.29) is 5.97 Å². The van der Waals surface area contributed by atoms with Crippen LogP contribution in [0.5, 0.6) is 0 Å². The van der Waals surface area contributed by atoms with Crippen molar-refractivity contribution in [3.63, 3.8) is 0 Å².